The van der Waals surface area contributed by atoms with Gasteiger partial charge in [-0.25, -0.2) is 0 Å². The lowest BCUT2D eigenvalue weighted by Crippen LogP contribution is -2.50. The van der Waals surface area contributed by atoms with Crippen LogP contribution in [0.25, 0.3) is 0 Å². The van der Waals surface area contributed by atoms with Gasteiger partial charge in [0.15, 0.2) is 6.23 Å². The highest BCUT2D eigenvalue weighted by Gasteiger charge is 2.38. The van der Waals surface area contributed by atoms with Gasteiger partial charge in [-0.1, -0.05) is 18.2 Å². The molecule has 0 radical (unpaired) electrons. The molecule has 3 rings (SSSR count). The predicted octanol–water partition coefficient (Wildman–Crippen LogP) is 2.48. The zero-order chi connectivity index (χ0) is 11.1. The monoisotopic (exact) mass is 217 g/mol. The summed E-state index contributed by atoms with van der Waals surface area (Å²) in [4.78, 5) is 13.8. The number of hydrogen-bond donors (Lipinski definition) is 0. The Hall–Kier alpha value is -1.51. The molecule has 0 aromatic heterocycles. The Kier molecular flexibility index (Phi) is 2.13. The number of fused-ring (bicyclic) bond motifs is 2. The van der Waals surface area contributed by atoms with Crippen LogP contribution in [0.3, 0.4) is 0 Å². The molecule has 2 heterocycles. The van der Waals surface area contributed by atoms with Crippen molar-refractivity contribution >= 4 is 5.91 Å². The van der Waals surface area contributed by atoms with Crippen LogP contribution in [0.1, 0.15) is 37.8 Å². The number of nitrogens with zero attached hydrogens (tertiary/aromatic N) is 1. The van der Waals surface area contributed by atoms with E-state index in [2.05, 4.69) is 6.92 Å². The van der Waals surface area contributed by atoms with E-state index in [1.807, 2.05) is 29.2 Å². The molecule has 0 N–H and O–H groups in total. The van der Waals surface area contributed by atoms with Crippen molar-refractivity contribution in [3.05, 3.63) is 29.8 Å². The van der Waals surface area contributed by atoms with Crippen LogP contribution >= 0.6 is 0 Å². The fourth-order valence-corrected chi connectivity index (χ4v) is 2.67. The fourth-order valence-electron chi connectivity index (χ4n) is 2.67. The Balaban J connectivity index is 2.03. The number of piperidine rings is 1. The third kappa shape index (κ3) is 1.31. The van der Waals surface area contributed by atoms with E-state index in [1.54, 1.807) is 0 Å². The van der Waals surface area contributed by atoms with E-state index in [4.69, 9.17) is 4.74 Å². The summed E-state index contributed by atoms with van der Waals surface area (Å²) in [6.07, 6.45) is 2.50. The lowest BCUT2D eigenvalue weighted by atomic mass is 9.98. The molecule has 1 saturated heterocycles. The fraction of sp³-hybridized carbons (Fsp3) is 0.462. The Morgan fingerprint density at radius 2 is 2.19 bits per heavy atom. The van der Waals surface area contributed by atoms with Gasteiger partial charge < -0.3 is 9.64 Å². The maximum atomic E-state index is 11.9. The minimum atomic E-state index is -0.0499. The lowest BCUT2D eigenvalue weighted by molar-refractivity contribution is -0.151. The highest BCUT2D eigenvalue weighted by atomic mass is 16.5. The number of rotatable bonds is 0. The Morgan fingerprint density at radius 3 is 3.06 bits per heavy atom. The van der Waals surface area contributed by atoms with Crippen LogP contribution in [0.2, 0.25) is 0 Å². The highest BCUT2D eigenvalue weighted by Crippen LogP contribution is 2.39. The average Bonchev–Trinajstić information content (AvgIpc) is 2.29. The van der Waals surface area contributed by atoms with Crippen molar-refractivity contribution in [2.24, 2.45) is 0 Å². The third-order valence-corrected chi connectivity index (χ3v) is 3.49. The first kappa shape index (κ1) is 9.70. The first-order valence-corrected chi connectivity index (χ1v) is 5.84. The molecule has 0 aliphatic carbocycles. The third-order valence-electron chi connectivity index (χ3n) is 3.49. The number of amides is 1. The predicted molar refractivity (Wildman–Crippen MR) is 60.0 cm³/mol. The summed E-state index contributed by atoms with van der Waals surface area (Å²) < 4.78 is 5.88. The highest BCUT2D eigenvalue weighted by molar-refractivity contribution is 5.78. The molecule has 3 nitrogen and oxygen atoms in total. The van der Waals surface area contributed by atoms with E-state index in [9.17, 15) is 4.79 Å². The minimum Gasteiger partial charge on any atom is -0.470 e. The molecule has 1 aromatic carbocycles. The SMILES string of the molecule is C[C@H]1c2ccccc2O[C@@H]2CCCC(=O)N21. The Bertz CT molecular complexity index is 430. The molecule has 2 aliphatic rings. The first-order valence-electron chi connectivity index (χ1n) is 5.84. The van der Waals surface area contributed by atoms with Crippen molar-refractivity contribution in [2.45, 2.75) is 38.5 Å². The second kappa shape index (κ2) is 3.51. The summed E-state index contributed by atoms with van der Waals surface area (Å²) in [6.45, 7) is 2.08. The molecule has 84 valence electrons. The molecule has 0 bridgehead atoms. The number of benzene rings is 1. The molecule has 0 unspecified atom stereocenters. The van der Waals surface area contributed by atoms with Crippen molar-refractivity contribution in [3.8, 4) is 5.75 Å². The minimum absolute atomic E-state index is 0.0499. The van der Waals surface area contributed by atoms with E-state index in [1.165, 1.54) is 0 Å². The summed E-state index contributed by atoms with van der Waals surface area (Å²) in [6, 6.07) is 8.14. The summed E-state index contributed by atoms with van der Waals surface area (Å²) in [7, 11) is 0. The van der Waals surface area contributed by atoms with Crippen molar-refractivity contribution < 1.29 is 9.53 Å². The van der Waals surface area contributed by atoms with Crippen LogP contribution in [0.5, 0.6) is 5.75 Å². The summed E-state index contributed by atoms with van der Waals surface area (Å²) >= 11 is 0. The van der Waals surface area contributed by atoms with Gasteiger partial charge in [0, 0.05) is 18.4 Å². The summed E-state index contributed by atoms with van der Waals surface area (Å²) in [5.74, 6) is 1.16. The molecule has 16 heavy (non-hydrogen) atoms. The van der Waals surface area contributed by atoms with Gasteiger partial charge in [-0.2, -0.15) is 0 Å². The largest absolute Gasteiger partial charge is 0.470 e. The van der Waals surface area contributed by atoms with Crippen LogP contribution in [-0.4, -0.2) is 17.0 Å². The van der Waals surface area contributed by atoms with Crippen LogP contribution < -0.4 is 4.74 Å². The van der Waals surface area contributed by atoms with E-state index >= 15 is 0 Å². The molecular weight excluding hydrogens is 202 g/mol. The van der Waals surface area contributed by atoms with Crippen molar-refractivity contribution in [3.63, 3.8) is 0 Å². The first-order chi connectivity index (χ1) is 7.77. The van der Waals surface area contributed by atoms with E-state index < -0.39 is 0 Å². The Morgan fingerprint density at radius 1 is 1.38 bits per heavy atom. The number of ether oxygens (including phenoxy) is 1. The number of carbonyl (C=O) groups excluding carboxylic acids is 1. The van der Waals surface area contributed by atoms with E-state index in [0.717, 1.165) is 24.2 Å². The van der Waals surface area contributed by atoms with Gasteiger partial charge in [-0.3, -0.25) is 4.79 Å². The van der Waals surface area contributed by atoms with Crippen LogP contribution in [0, 0.1) is 0 Å². The van der Waals surface area contributed by atoms with Gasteiger partial charge in [0.1, 0.15) is 5.75 Å². The molecule has 1 amide bonds. The van der Waals surface area contributed by atoms with Crippen LogP contribution in [0.15, 0.2) is 24.3 Å². The van der Waals surface area contributed by atoms with Gasteiger partial charge in [0.05, 0.1) is 6.04 Å². The van der Waals surface area contributed by atoms with E-state index in [-0.39, 0.29) is 18.2 Å². The molecule has 1 aromatic rings. The van der Waals surface area contributed by atoms with Gasteiger partial charge in [0.25, 0.3) is 0 Å². The normalized spacial score (nSPS) is 28.1. The molecular formula is C13H15NO2. The van der Waals surface area contributed by atoms with Crippen LogP contribution in [-0.2, 0) is 4.79 Å². The number of hydrogen-bond acceptors (Lipinski definition) is 2. The summed E-state index contributed by atoms with van der Waals surface area (Å²) in [5.41, 5.74) is 1.12. The Labute approximate surface area is 95.0 Å². The van der Waals surface area contributed by atoms with Crippen molar-refractivity contribution in [1.29, 1.82) is 0 Å². The maximum absolute atomic E-state index is 11.9. The lowest BCUT2D eigenvalue weighted by Gasteiger charge is -2.44. The quantitative estimate of drug-likeness (QED) is 0.668. The van der Waals surface area contributed by atoms with Gasteiger partial charge in [0.2, 0.25) is 5.91 Å². The molecule has 0 saturated carbocycles. The smallest absolute Gasteiger partial charge is 0.225 e. The van der Waals surface area contributed by atoms with Crippen LogP contribution in [0.4, 0.5) is 0 Å². The number of carbonyl (C=O) groups is 1. The zero-order valence-electron chi connectivity index (χ0n) is 9.35. The number of para-hydroxylation sites is 1. The van der Waals surface area contributed by atoms with Crippen molar-refractivity contribution in [1.82, 2.24) is 4.90 Å². The molecule has 0 spiro atoms. The standard InChI is InChI=1S/C13H15NO2/c1-9-10-5-2-3-6-11(10)16-13-8-4-7-12(15)14(9)13/h2-3,5-6,9,13H,4,7-8H2,1H3/t9-,13+/m0/s1. The van der Waals surface area contributed by atoms with E-state index in [0.29, 0.717) is 6.42 Å². The second-order valence-corrected chi connectivity index (χ2v) is 4.48. The molecule has 1 fully saturated rings. The second-order valence-electron chi connectivity index (χ2n) is 4.48. The van der Waals surface area contributed by atoms with Gasteiger partial charge >= 0.3 is 0 Å². The molecule has 2 atom stereocenters. The van der Waals surface area contributed by atoms with Crippen molar-refractivity contribution in [2.75, 3.05) is 0 Å². The zero-order valence-corrected chi connectivity index (χ0v) is 9.35. The summed E-state index contributed by atoms with van der Waals surface area (Å²) in [5, 5.41) is 0. The molecule has 2 aliphatic heterocycles. The molecule has 3 heteroatoms. The van der Waals surface area contributed by atoms with Gasteiger partial charge in [-0.05, 0) is 19.4 Å². The topological polar surface area (TPSA) is 29.5 Å². The average molecular weight is 217 g/mol. The van der Waals surface area contributed by atoms with Gasteiger partial charge in [-0.15, -0.1) is 0 Å². The maximum Gasteiger partial charge on any atom is 0.225 e.